The normalized spacial score (nSPS) is 12.5. The summed E-state index contributed by atoms with van der Waals surface area (Å²) >= 11 is 2.20. The third-order valence-corrected chi connectivity index (χ3v) is 6.67. The molecule has 0 aliphatic carbocycles. The molecule has 0 aliphatic rings. The Labute approximate surface area is 174 Å². The summed E-state index contributed by atoms with van der Waals surface area (Å²) in [4.78, 5) is 27.7. The summed E-state index contributed by atoms with van der Waals surface area (Å²) in [5.41, 5.74) is 6.30. The first-order chi connectivity index (χ1) is 12.4. The summed E-state index contributed by atoms with van der Waals surface area (Å²) in [7, 11) is -4.27. The molecule has 0 aliphatic heterocycles. The molecule has 0 radical (unpaired) electrons. The van der Waals surface area contributed by atoms with Gasteiger partial charge in [-0.1, -0.05) is 0 Å². The predicted molar refractivity (Wildman–Crippen MR) is 119 cm³/mol. The molecule has 0 fully saturated rings. The fourth-order valence-corrected chi connectivity index (χ4v) is 4.36. The molecule has 0 saturated carbocycles. The van der Waals surface area contributed by atoms with Crippen LogP contribution < -0.4 is 4.74 Å². The molecular weight excluding hydrogens is 478 g/mol. The molecule has 0 saturated heterocycles. The van der Waals surface area contributed by atoms with Crippen LogP contribution in [0, 0.1) is 24.3 Å². The van der Waals surface area contributed by atoms with Gasteiger partial charge in [-0.2, -0.15) is 0 Å². The number of halogens is 1. The van der Waals surface area contributed by atoms with Gasteiger partial charge in [0, 0.05) is 0 Å². The summed E-state index contributed by atoms with van der Waals surface area (Å²) in [6.07, 6.45) is 0.241. The molecule has 7 heteroatoms. The Hall–Kier alpha value is -0.920. The number of hydrogen-bond donors (Lipinski definition) is 4. The fourth-order valence-electron chi connectivity index (χ4n) is 3.13. The first-order valence-corrected chi connectivity index (χ1v) is 11.9. The second-order valence-corrected chi connectivity index (χ2v) is 10.2. The maximum absolute atomic E-state index is 10.1. The Balaban J connectivity index is 2.43. The van der Waals surface area contributed by atoms with Crippen molar-refractivity contribution in [1.29, 1.82) is 0 Å². The summed E-state index contributed by atoms with van der Waals surface area (Å²) in [6.45, 7) is 10.1. The van der Waals surface area contributed by atoms with Crippen LogP contribution in [0.15, 0.2) is 18.2 Å². The van der Waals surface area contributed by atoms with E-state index < -0.39 is 14.3 Å². The summed E-state index contributed by atoms with van der Waals surface area (Å²) in [6, 6.07) is 5.74. The van der Waals surface area contributed by atoms with Crippen molar-refractivity contribution in [3.8, 4) is 11.5 Å². The monoisotopic (exact) mass is 506 g/mol. The minimum atomic E-state index is -4.27. The van der Waals surface area contributed by atoms with Crippen molar-refractivity contribution in [3.05, 3.63) is 55.1 Å². The molecule has 2 aromatic carbocycles. The van der Waals surface area contributed by atoms with Gasteiger partial charge in [0.15, 0.2) is 0 Å². The fraction of sp³-hybridized carbons (Fsp3) is 0.400. The van der Waals surface area contributed by atoms with E-state index in [0.29, 0.717) is 11.5 Å². The predicted octanol–water partition coefficient (Wildman–Crippen LogP) is 4.44. The molecule has 2 rings (SSSR count). The van der Waals surface area contributed by atoms with Crippen LogP contribution in [0.1, 0.15) is 53.1 Å². The number of benzene rings is 2. The van der Waals surface area contributed by atoms with E-state index in [1.807, 2.05) is 26.8 Å². The number of hydrogen-bond acceptors (Lipinski definition) is 5. The van der Waals surface area contributed by atoms with E-state index in [4.69, 9.17) is 4.74 Å². The van der Waals surface area contributed by atoms with Crippen LogP contribution in [0.5, 0.6) is 11.5 Å². The molecule has 0 amide bonds. The number of ether oxygens (including phenoxy) is 1. The van der Waals surface area contributed by atoms with Gasteiger partial charge in [-0.25, -0.2) is 0 Å². The molecule has 2 aromatic rings. The standard InChI is InChI=1S/C20H28IO5P/c1-11(2)16-8-15(6-7-18(16)22)9-17-12(3)13(4)20(19(21)14(17)5)26-10-27(23,24)25/h6-8,11,22-25,27H,9-10H2,1-5H3. The van der Waals surface area contributed by atoms with Crippen LogP contribution in [0.2, 0.25) is 0 Å². The second kappa shape index (κ2) is 8.62. The van der Waals surface area contributed by atoms with Gasteiger partial charge in [0.2, 0.25) is 0 Å². The number of rotatable bonds is 6. The molecule has 0 unspecified atom stereocenters. The SMILES string of the molecule is Cc1c(C)c(OC[PH](O)(O)O)c(I)c(C)c1Cc1ccc(O)c(C(C)C)c1. The van der Waals surface area contributed by atoms with Crippen molar-refractivity contribution in [3.63, 3.8) is 0 Å². The van der Waals surface area contributed by atoms with E-state index in [-0.39, 0.29) is 5.92 Å². The molecule has 4 N–H and O–H groups in total. The van der Waals surface area contributed by atoms with Crippen LogP contribution in [-0.4, -0.2) is 26.1 Å². The first kappa shape index (κ1) is 22.4. The number of phenolic OH excluding ortho intramolecular Hbond substituents is 1. The van der Waals surface area contributed by atoms with E-state index in [0.717, 1.165) is 37.8 Å². The molecule has 0 atom stereocenters. The number of aromatic hydroxyl groups is 1. The Kier molecular flexibility index (Phi) is 7.14. The molecule has 5 nitrogen and oxygen atoms in total. The van der Waals surface area contributed by atoms with Gasteiger partial charge in [0.25, 0.3) is 0 Å². The van der Waals surface area contributed by atoms with E-state index in [9.17, 15) is 19.8 Å². The second-order valence-electron chi connectivity index (χ2n) is 7.28. The Bertz CT molecular complexity index is 814. The first-order valence-electron chi connectivity index (χ1n) is 8.82. The third kappa shape index (κ3) is 5.33. The summed E-state index contributed by atoms with van der Waals surface area (Å²) in [5.74, 6) is 1.14. The summed E-state index contributed by atoms with van der Waals surface area (Å²) in [5, 5.41) is 10.1. The van der Waals surface area contributed by atoms with Crippen molar-refractivity contribution in [2.45, 2.75) is 47.0 Å². The molecule has 150 valence electrons. The molecule has 27 heavy (non-hydrogen) atoms. The average Bonchev–Trinajstić information content (AvgIpc) is 2.57. The minimum absolute atomic E-state index is 0.240. The van der Waals surface area contributed by atoms with Crippen LogP contribution in [0.4, 0.5) is 0 Å². The number of phenols is 1. The van der Waals surface area contributed by atoms with Crippen molar-refractivity contribution in [2.75, 3.05) is 6.35 Å². The van der Waals surface area contributed by atoms with E-state index >= 15 is 0 Å². The maximum atomic E-state index is 10.1. The van der Waals surface area contributed by atoms with Gasteiger partial charge in [-0.15, -0.1) is 0 Å². The zero-order valence-electron chi connectivity index (χ0n) is 16.3. The third-order valence-electron chi connectivity index (χ3n) is 4.84. The van der Waals surface area contributed by atoms with E-state index in [2.05, 4.69) is 42.5 Å². The van der Waals surface area contributed by atoms with Crippen molar-refractivity contribution >= 4 is 30.5 Å². The van der Waals surface area contributed by atoms with Crippen LogP contribution in [-0.2, 0) is 6.42 Å². The molecule has 0 spiro atoms. The van der Waals surface area contributed by atoms with E-state index in [1.54, 1.807) is 6.07 Å². The zero-order valence-corrected chi connectivity index (χ0v) is 19.5. The van der Waals surface area contributed by atoms with Crippen molar-refractivity contribution < 1.29 is 24.5 Å². The zero-order chi connectivity index (χ0) is 20.5. The van der Waals surface area contributed by atoms with Gasteiger partial charge in [-0.05, 0) is 0 Å². The van der Waals surface area contributed by atoms with Crippen molar-refractivity contribution in [2.24, 2.45) is 0 Å². The van der Waals surface area contributed by atoms with Gasteiger partial charge in [0.05, 0.1) is 0 Å². The van der Waals surface area contributed by atoms with Gasteiger partial charge < -0.3 is 0 Å². The molecule has 0 heterocycles. The van der Waals surface area contributed by atoms with Crippen LogP contribution in [0.3, 0.4) is 0 Å². The van der Waals surface area contributed by atoms with Gasteiger partial charge >= 0.3 is 175 Å². The van der Waals surface area contributed by atoms with E-state index in [1.165, 1.54) is 5.56 Å². The summed E-state index contributed by atoms with van der Waals surface area (Å²) < 4.78 is 6.43. The Morgan fingerprint density at radius 1 is 1.04 bits per heavy atom. The Morgan fingerprint density at radius 3 is 2.22 bits per heavy atom. The quantitative estimate of drug-likeness (QED) is 0.344. The van der Waals surface area contributed by atoms with Crippen LogP contribution >= 0.6 is 30.5 Å². The van der Waals surface area contributed by atoms with Gasteiger partial charge in [0.1, 0.15) is 0 Å². The molecule has 0 aromatic heterocycles. The molecular formula is C20H28IO5P. The average molecular weight is 506 g/mol. The van der Waals surface area contributed by atoms with Gasteiger partial charge in [-0.3, -0.25) is 0 Å². The molecule has 0 bridgehead atoms. The van der Waals surface area contributed by atoms with Crippen LogP contribution in [0.25, 0.3) is 0 Å². The van der Waals surface area contributed by atoms with Crippen molar-refractivity contribution in [1.82, 2.24) is 0 Å². The Morgan fingerprint density at radius 2 is 1.67 bits per heavy atom. The topological polar surface area (TPSA) is 90.2 Å².